The number of hydrogen-bond donors (Lipinski definition) is 1. The van der Waals surface area contributed by atoms with Gasteiger partial charge in [-0.25, -0.2) is 4.98 Å². The average Bonchev–Trinajstić information content (AvgIpc) is 2.54. The van der Waals surface area contributed by atoms with E-state index >= 15 is 0 Å². The van der Waals surface area contributed by atoms with E-state index in [1.807, 2.05) is 0 Å². The molecular formula is C15H9BrF9N3O. The highest BCUT2D eigenvalue weighted by molar-refractivity contribution is 9.10. The first-order chi connectivity index (χ1) is 13.0. The zero-order chi connectivity index (χ0) is 22.5. The van der Waals surface area contributed by atoms with Crippen LogP contribution in [-0.4, -0.2) is 9.55 Å². The molecule has 0 radical (unpaired) electrons. The molecule has 0 aliphatic heterocycles. The lowest BCUT2D eigenvalue weighted by Crippen LogP contribution is -2.30. The smallest absolute Gasteiger partial charge is 0.392 e. The first-order valence-electron chi connectivity index (χ1n) is 7.46. The maximum absolute atomic E-state index is 13.2. The first-order valence-corrected chi connectivity index (χ1v) is 8.25. The van der Waals surface area contributed by atoms with Gasteiger partial charge in [0.15, 0.2) is 5.69 Å². The molecule has 0 saturated heterocycles. The number of halogens is 10. The Kier molecular flexibility index (Phi) is 5.73. The van der Waals surface area contributed by atoms with Crippen molar-refractivity contribution in [2.45, 2.75) is 32.0 Å². The lowest BCUT2D eigenvalue weighted by atomic mass is 10.0. The van der Waals surface area contributed by atoms with E-state index < -0.39 is 69.0 Å². The molecule has 1 aromatic heterocycles. The molecule has 2 N–H and O–H groups in total. The highest BCUT2D eigenvalue weighted by Crippen LogP contribution is 2.44. The van der Waals surface area contributed by atoms with Crippen molar-refractivity contribution in [3.8, 4) is 11.4 Å². The highest BCUT2D eigenvalue weighted by atomic mass is 79.9. The van der Waals surface area contributed by atoms with E-state index in [2.05, 4.69) is 20.9 Å². The van der Waals surface area contributed by atoms with Crippen LogP contribution in [0.4, 0.5) is 45.2 Å². The molecule has 0 unspecified atom stereocenters. The van der Waals surface area contributed by atoms with Crippen molar-refractivity contribution in [2.24, 2.45) is 0 Å². The number of benzene rings is 1. The molecular weight excluding hydrogens is 489 g/mol. The molecule has 1 aromatic carbocycles. The molecule has 0 spiro atoms. The van der Waals surface area contributed by atoms with Crippen LogP contribution in [0.3, 0.4) is 0 Å². The average molecular weight is 498 g/mol. The predicted molar refractivity (Wildman–Crippen MR) is 86.7 cm³/mol. The second-order valence-corrected chi connectivity index (χ2v) is 6.42. The molecule has 0 aliphatic rings. The molecule has 14 heteroatoms. The summed E-state index contributed by atoms with van der Waals surface area (Å²) in [6.45, 7) is 0.805. The number of aromatic nitrogens is 2. The van der Waals surface area contributed by atoms with E-state index in [-0.39, 0.29) is 12.1 Å². The van der Waals surface area contributed by atoms with Crippen LogP contribution in [0, 0.1) is 0 Å². The van der Waals surface area contributed by atoms with Crippen molar-refractivity contribution in [1.29, 1.82) is 0 Å². The monoisotopic (exact) mass is 497 g/mol. The molecule has 160 valence electrons. The summed E-state index contributed by atoms with van der Waals surface area (Å²) in [5, 5.41) is 0. The van der Waals surface area contributed by atoms with Crippen LogP contribution in [0.1, 0.15) is 23.7 Å². The standard InChI is InChI=1S/C15H9BrF9N3O/c1-2-28-11(27-10(15(23,24)25)9(26)12(28)29)6-3-5(13(17,18)19)4-7(8(6)16)14(20,21)22/h3-4H,2,26H2,1H3. The molecule has 0 aliphatic carbocycles. The van der Waals surface area contributed by atoms with Gasteiger partial charge >= 0.3 is 18.5 Å². The van der Waals surface area contributed by atoms with E-state index in [9.17, 15) is 44.3 Å². The molecule has 0 amide bonds. The van der Waals surface area contributed by atoms with Crippen LogP contribution in [0.5, 0.6) is 0 Å². The number of anilines is 1. The van der Waals surface area contributed by atoms with Crippen molar-refractivity contribution >= 4 is 21.6 Å². The van der Waals surface area contributed by atoms with Gasteiger partial charge in [0.2, 0.25) is 0 Å². The molecule has 0 atom stereocenters. The second kappa shape index (κ2) is 7.22. The first kappa shape index (κ1) is 23.0. The van der Waals surface area contributed by atoms with Gasteiger partial charge in [0.05, 0.1) is 11.1 Å². The Morgan fingerprint density at radius 2 is 1.55 bits per heavy atom. The largest absolute Gasteiger partial charge is 0.435 e. The minimum absolute atomic E-state index is 0.170. The van der Waals surface area contributed by atoms with Gasteiger partial charge in [0.25, 0.3) is 5.56 Å². The third-order valence-corrected chi connectivity index (χ3v) is 4.59. The van der Waals surface area contributed by atoms with Gasteiger partial charge in [0, 0.05) is 16.6 Å². The van der Waals surface area contributed by atoms with Crippen LogP contribution in [0.25, 0.3) is 11.4 Å². The van der Waals surface area contributed by atoms with Gasteiger partial charge < -0.3 is 5.73 Å². The van der Waals surface area contributed by atoms with E-state index in [4.69, 9.17) is 5.73 Å². The Bertz CT molecular complexity index is 1010. The van der Waals surface area contributed by atoms with E-state index in [0.29, 0.717) is 4.57 Å². The topological polar surface area (TPSA) is 60.9 Å². The summed E-state index contributed by atoms with van der Waals surface area (Å²) < 4.78 is 118. The number of alkyl halides is 9. The minimum Gasteiger partial charge on any atom is -0.392 e. The Balaban J connectivity index is 3.05. The molecule has 1 heterocycles. The lowest BCUT2D eigenvalue weighted by Gasteiger charge is -2.20. The Hall–Kier alpha value is -2.25. The highest BCUT2D eigenvalue weighted by Gasteiger charge is 2.41. The molecule has 2 rings (SSSR count). The third kappa shape index (κ3) is 4.36. The summed E-state index contributed by atoms with van der Waals surface area (Å²) >= 11 is 2.48. The van der Waals surface area contributed by atoms with E-state index in [1.165, 1.54) is 6.92 Å². The summed E-state index contributed by atoms with van der Waals surface area (Å²) in [4.78, 5) is 15.3. The zero-order valence-corrected chi connectivity index (χ0v) is 15.6. The fraction of sp³-hybridized carbons (Fsp3) is 0.333. The number of nitrogens with two attached hydrogens (primary N) is 1. The number of nitrogens with zero attached hydrogens (tertiary/aromatic N) is 2. The zero-order valence-electron chi connectivity index (χ0n) is 14.0. The van der Waals surface area contributed by atoms with Gasteiger partial charge in [-0.3, -0.25) is 9.36 Å². The van der Waals surface area contributed by atoms with Crippen LogP contribution in [0.15, 0.2) is 21.4 Å². The Morgan fingerprint density at radius 3 is 1.97 bits per heavy atom. The van der Waals surface area contributed by atoms with E-state index in [1.54, 1.807) is 0 Å². The van der Waals surface area contributed by atoms with Gasteiger partial charge in [-0.1, -0.05) is 0 Å². The normalized spacial score (nSPS) is 13.1. The minimum atomic E-state index is -5.28. The molecule has 0 saturated carbocycles. The maximum atomic E-state index is 13.2. The van der Waals surface area contributed by atoms with Gasteiger partial charge in [-0.15, -0.1) is 0 Å². The van der Waals surface area contributed by atoms with Crippen LogP contribution >= 0.6 is 15.9 Å². The fourth-order valence-electron chi connectivity index (χ4n) is 2.44. The number of rotatable bonds is 2. The Morgan fingerprint density at radius 1 is 1.00 bits per heavy atom. The summed E-state index contributed by atoms with van der Waals surface area (Å²) in [6, 6.07) is -0.0342. The molecule has 2 aromatic rings. The van der Waals surface area contributed by atoms with Crippen molar-refractivity contribution < 1.29 is 39.5 Å². The van der Waals surface area contributed by atoms with Gasteiger partial charge in [-0.2, -0.15) is 39.5 Å². The van der Waals surface area contributed by atoms with Crippen LogP contribution in [-0.2, 0) is 25.1 Å². The number of hydrogen-bond acceptors (Lipinski definition) is 3. The van der Waals surface area contributed by atoms with Crippen molar-refractivity contribution in [2.75, 3.05) is 5.73 Å². The molecule has 0 fully saturated rings. The fourth-order valence-corrected chi connectivity index (χ4v) is 3.07. The van der Waals surface area contributed by atoms with Crippen LogP contribution in [0.2, 0.25) is 0 Å². The third-order valence-electron chi connectivity index (χ3n) is 3.74. The van der Waals surface area contributed by atoms with Crippen molar-refractivity contribution in [3.63, 3.8) is 0 Å². The maximum Gasteiger partial charge on any atom is 0.435 e. The Labute approximate surface area is 164 Å². The van der Waals surface area contributed by atoms with Crippen LogP contribution < -0.4 is 11.3 Å². The quantitative estimate of drug-likeness (QED) is 0.570. The van der Waals surface area contributed by atoms with Gasteiger partial charge in [-0.05, 0) is 35.0 Å². The SMILES string of the molecule is CCn1c(-c2cc(C(F)(F)F)cc(C(F)(F)F)c2Br)nc(C(F)(F)F)c(N)c1=O. The predicted octanol–water partition coefficient (Wildman–Crippen LogP) is 5.33. The lowest BCUT2D eigenvalue weighted by molar-refractivity contribution is -0.143. The second-order valence-electron chi connectivity index (χ2n) is 5.63. The summed E-state index contributed by atoms with van der Waals surface area (Å²) in [7, 11) is 0. The van der Waals surface area contributed by atoms with Gasteiger partial charge in [0.1, 0.15) is 11.5 Å². The molecule has 4 nitrogen and oxygen atoms in total. The summed E-state index contributed by atoms with van der Waals surface area (Å²) in [5.74, 6) is -1.05. The van der Waals surface area contributed by atoms with Crippen molar-refractivity contribution in [1.82, 2.24) is 9.55 Å². The van der Waals surface area contributed by atoms with E-state index in [0.717, 1.165) is 0 Å². The van der Waals surface area contributed by atoms with Crippen molar-refractivity contribution in [3.05, 3.63) is 43.8 Å². The summed E-state index contributed by atoms with van der Waals surface area (Å²) in [5.41, 5.74) is -4.15. The summed E-state index contributed by atoms with van der Waals surface area (Å²) in [6.07, 6.45) is -15.8. The number of nitrogen functional groups attached to an aromatic ring is 1. The molecule has 29 heavy (non-hydrogen) atoms. The molecule has 0 bridgehead atoms.